The Kier molecular flexibility index (Phi) is 5.51. The van der Waals surface area contributed by atoms with Crippen molar-refractivity contribution in [1.29, 1.82) is 0 Å². The summed E-state index contributed by atoms with van der Waals surface area (Å²) in [5.41, 5.74) is 1.58. The highest BCUT2D eigenvalue weighted by atomic mass is 35.5. The highest BCUT2D eigenvalue weighted by Gasteiger charge is 2.16. The summed E-state index contributed by atoms with van der Waals surface area (Å²) >= 11 is 13.2. The molecule has 0 aliphatic rings. The van der Waals surface area contributed by atoms with E-state index in [4.69, 9.17) is 23.2 Å². The highest BCUT2D eigenvalue weighted by molar-refractivity contribution is 8.00. The van der Waals surface area contributed by atoms with Crippen LogP contribution < -0.4 is 5.32 Å². The number of amides is 1. The molecule has 0 fully saturated rings. The van der Waals surface area contributed by atoms with Crippen LogP contribution in [0.25, 0.3) is 0 Å². The van der Waals surface area contributed by atoms with Crippen molar-refractivity contribution in [3.05, 3.63) is 52.1 Å². The fraction of sp³-hybridized carbons (Fsp3) is 0.200. The molecule has 1 unspecified atom stereocenters. The number of aromatic nitrogens is 1. The molecule has 1 heterocycles. The van der Waals surface area contributed by atoms with E-state index in [1.165, 1.54) is 11.8 Å². The Morgan fingerprint density at radius 1 is 1.29 bits per heavy atom. The number of hydrogen-bond donors (Lipinski definition) is 1. The topological polar surface area (TPSA) is 42.0 Å². The third-order valence-electron chi connectivity index (χ3n) is 2.89. The van der Waals surface area contributed by atoms with E-state index in [1.54, 1.807) is 24.4 Å². The molecule has 3 nitrogen and oxygen atoms in total. The summed E-state index contributed by atoms with van der Waals surface area (Å²) in [6, 6.07) is 8.98. The fourth-order valence-corrected chi connectivity index (χ4v) is 2.72. The predicted octanol–water partition coefficient (Wildman–Crippen LogP) is 4.82. The normalized spacial score (nSPS) is 12.0. The van der Waals surface area contributed by atoms with Crippen molar-refractivity contribution < 1.29 is 4.79 Å². The minimum absolute atomic E-state index is 0.0953. The number of rotatable bonds is 4. The first-order valence-electron chi connectivity index (χ1n) is 6.31. The van der Waals surface area contributed by atoms with Gasteiger partial charge in [0.05, 0.1) is 15.3 Å². The van der Waals surface area contributed by atoms with Gasteiger partial charge in [-0.15, -0.1) is 0 Å². The number of pyridine rings is 1. The second kappa shape index (κ2) is 7.16. The van der Waals surface area contributed by atoms with E-state index >= 15 is 0 Å². The number of anilines is 1. The Hall–Kier alpha value is -1.23. The number of nitrogens with zero attached hydrogens (tertiary/aromatic N) is 1. The van der Waals surface area contributed by atoms with Crippen LogP contribution in [0.2, 0.25) is 10.0 Å². The van der Waals surface area contributed by atoms with Crippen molar-refractivity contribution in [2.75, 3.05) is 5.32 Å². The average molecular weight is 341 g/mol. The molecule has 0 saturated heterocycles. The third-order valence-corrected chi connectivity index (χ3v) is 4.58. The van der Waals surface area contributed by atoms with Gasteiger partial charge in [0.1, 0.15) is 0 Å². The van der Waals surface area contributed by atoms with E-state index in [-0.39, 0.29) is 11.2 Å². The molecule has 1 atom stereocenters. The quantitative estimate of drug-likeness (QED) is 0.811. The first kappa shape index (κ1) is 16.1. The van der Waals surface area contributed by atoms with Crippen LogP contribution in [0.5, 0.6) is 0 Å². The lowest BCUT2D eigenvalue weighted by atomic mass is 10.2. The molecule has 1 N–H and O–H groups in total. The number of hydrogen-bond acceptors (Lipinski definition) is 3. The third kappa shape index (κ3) is 4.37. The number of benzene rings is 1. The number of carbonyl (C=O) groups excluding carboxylic acids is 1. The summed E-state index contributed by atoms with van der Waals surface area (Å²) in [7, 11) is 0. The van der Waals surface area contributed by atoms with Gasteiger partial charge >= 0.3 is 0 Å². The molecule has 0 aliphatic carbocycles. The molecule has 6 heteroatoms. The maximum absolute atomic E-state index is 12.2. The number of nitrogens with one attached hydrogen (secondary N) is 1. The van der Waals surface area contributed by atoms with Crippen molar-refractivity contribution in [1.82, 2.24) is 4.98 Å². The lowest BCUT2D eigenvalue weighted by molar-refractivity contribution is -0.115. The molecule has 1 aromatic heterocycles. The van der Waals surface area contributed by atoms with Gasteiger partial charge in [0.15, 0.2) is 0 Å². The molecule has 110 valence electrons. The summed E-state index contributed by atoms with van der Waals surface area (Å²) in [4.78, 5) is 16.4. The average Bonchev–Trinajstić information content (AvgIpc) is 2.46. The number of halogens is 2. The number of thioether (sulfide) groups is 1. The summed E-state index contributed by atoms with van der Waals surface area (Å²) < 4.78 is 0. The van der Waals surface area contributed by atoms with Crippen LogP contribution in [0.3, 0.4) is 0 Å². The van der Waals surface area contributed by atoms with E-state index in [9.17, 15) is 4.79 Å². The number of carbonyl (C=O) groups is 1. The van der Waals surface area contributed by atoms with Crippen LogP contribution in [0.15, 0.2) is 41.6 Å². The van der Waals surface area contributed by atoms with Crippen LogP contribution in [0.1, 0.15) is 12.5 Å². The first-order chi connectivity index (χ1) is 9.97. The molecule has 0 aliphatic heterocycles. The maximum atomic E-state index is 12.2. The Morgan fingerprint density at radius 2 is 2.05 bits per heavy atom. The molecular weight excluding hydrogens is 327 g/mol. The zero-order valence-electron chi connectivity index (χ0n) is 11.6. The Bertz CT molecular complexity index is 647. The first-order valence-corrected chi connectivity index (χ1v) is 7.95. The van der Waals surface area contributed by atoms with E-state index < -0.39 is 0 Å². The summed E-state index contributed by atoms with van der Waals surface area (Å²) in [5, 5.41) is 4.57. The predicted molar refractivity (Wildman–Crippen MR) is 89.4 cm³/mol. The molecule has 21 heavy (non-hydrogen) atoms. The monoisotopic (exact) mass is 340 g/mol. The molecule has 0 radical (unpaired) electrons. The smallest absolute Gasteiger partial charge is 0.237 e. The van der Waals surface area contributed by atoms with Crippen LogP contribution in [-0.4, -0.2) is 16.1 Å². The van der Waals surface area contributed by atoms with E-state index in [0.717, 1.165) is 16.3 Å². The van der Waals surface area contributed by atoms with Gasteiger partial charge in [0.25, 0.3) is 0 Å². The molecule has 1 amide bonds. The second-order valence-electron chi connectivity index (χ2n) is 4.48. The zero-order valence-corrected chi connectivity index (χ0v) is 13.9. The molecule has 1 aromatic carbocycles. The van der Waals surface area contributed by atoms with Gasteiger partial charge in [0.2, 0.25) is 5.91 Å². The van der Waals surface area contributed by atoms with Gasteiger partial charge in [-0.2, -0.15) is 0 Å². The van der Waals surface area contributed by atoms with Crippen molar-refractivity contribution in [3.63, 3.8) is 0 Å². The lowest BCUT2D eigenvalue weighted by Crippen LogP contribution is -2.23. The molecule has 0 saturated carbocycles. The second-order valence-corrected chi connectivity index (χ2v) is 6.68. The van der Waals surface area contributed by atoms with Crippen LogP contribution in [-0.2, 0) is 4.79 Å². The van der Waals surface area contributed by atoms with Gasteiger partial charge in [-0.05, 0) is 43.7 Å². The van der Waals surface area contributed by atoms with Gasteiger partial charge in [-0.25, -0.2) is 4.98 Å². The minimum Gasteiger partial charge on any atom is -0.325 e. The van der Waals surface area contributed by atoms with Crippen molar-refractivity contribution in [2.45, 2.75) is 24.1 Å². The molecule has 2 aromatic rings. The zero-order chi connectivity index (χ0) is 15.4. The maximum Gasteiger partial charge on any atom is 0.237 e. The lowest BCUT2D eigenvalue weighted by Gasteiger charge is -2.13. The summed E-state index contributed by atoms with van der Waals surface area (Å²) in [6.45, 7) is 3.70. The fourth-order valence-electron chi connectivity index (χ4n) is 1.64. The van der Waals surface area contributed by atoms with Crippen molar-refractivity contribution in [3.8, 4) is 0 Å². The Labute approximate surface area is 138 Å². The summed E-state index contributed by atoms with van der Waals surface area (Å²) in [5.74, 6) is -0.0953. The van der Waals surface area contributed by atoms with Gasteiger partial charge < -0.3 is 5.32 Å². The van der Waals surface area contributed by atoms with E-state index in [0.29, 0.717) is 10.0 Å². The molecule has 0 spiro atoms. The van der Waals surface area contributed by atoms with Gasteiger partial charge in [-0.3, -0.25) is 4.79 Å². The van der Waals surface area contributed by atoms with Crippen molar-refractivity contribution in [2.24, 2.45) is 0 Å². The largest absolute Gasteiger partial charge is 0.325 e. The standard InChI is InChI=1S/C15H14Cl2N2OS/c1-9-12(17)4-3-5-13(9)19-15(20)10(2)21-14-7-6-11(16)8-18-14/h3-8,10H,1-2H3,(H,19,20). The molecular formula is C15H14Cl2N2OS. The highest BCUT2D eigenvalue weighted by Crippen LogP contribution is 2.26. The van der Waals surface area contributed by atoms with Gasteiger partial charge in [-0.1, -0.05) is 41.0 Å². The van der Waals surface area contributed by atoms with E-state index in [1.807, 2.05) is 26.0 Å². The SMILES string of the molecule is Cc1c(Cl)cccc1NC(=O)C(C)Sc1ccc(Cl)cn1. The molecule has 0 bridgehead atoms. The Balaban J connectivity index is 2.02. The Morgan fingerprint density at radius 3 is 2.71 bits per heavy atom. The van der Waals surface area contributed by atoms with E-state index in [2.05, 4.69) is 10.3 Å². The van der Waals surface area contributed by atoms with Crippen LogP contribution in [0.4, 0.5) is 5.69 Å². The van der Waals surface area contributed by atoms with Crippen LogP contribution >= 0.6 is 35.0 Å². The molecule has 2 rings (SSSR count). The minimum atomic E-state index is -0.281. The van der Waals surface area contributed by atoms with Crippen molar-refractivity contribution >= 4 is 46.6 Å². The van der Waals surface area contributed by atoms with Gasteiger partial charge in [0, 0.05) is 16.9 Å². The summed E-state index contributed by atoms with van der Waals surface area (Å²) in [6.07, 6.45) is 1.57. The van der Waals surface area contributed by atoms with Crippen LogP contribution in [0, 0.1) is 6.92 Å².